The summed E-state index contributed by atoms with van der Waals surface area (Å²) in [6, 6.07) is 7.51. The molecule has 0 amide bonds. The molecule has 1 aromatic heterocycles. The number of hydrogen-bond acceptors (Lipinski definition) is 3. The van der Waals surface area contributed by atoms with Crippen molar-refractivity contribution in [1.29, 1.82) is 0 Å². The number of hydrogen-bond donors (Lipinski definition) is 1. The second-order valence-electron chi connectivity index (χ2n) is 4.92. The molecule has 4 heteroatoms. The molecule has 1 N–H and O–H groups in total. The van der Waals surface area contributed by atoms with Crippen molar-refractivity contribution in [2.75, 3.05) is 0 Å². The number of rotatable bonds is 2. The first-order valence-corrected chi connectivity index (χ1v) is 6.68. The number of ether oxygens (including phenoxy) is 1. The van der Waals surface area contributed by atoms with Crippen molar-refractivity contribution in [1.82, 2.24) is 4.98 Å². The lowest BCUT2D eigenvalue weighted by molar-refractivity contribution is 0.00935. The Kier molecular flexibility index (Phi) is 3.04. The fourth-order valence-corrected chi connectivity index (χ4v) is 2.69. The van der Waals surface area contributed by atoms with E-state index in [1.807, 2.05) is 31.2 Å². The van der Waals surface area contributed by atoms with Gasteiger partial charge in [0, 0.05) is 22.3 Å². The maximum Gasteiger partial charge on any atom is 0.147 e. The van der Waals surface area contributed by atoms with Gasteiger partial charge in [0.25, 0.3) is 0 Å². The average Bonchev–Trinajstić information content (AvgIpc) is 2.80. The first-order valence-electron chi connectivity index (χ1n) is 6.30. The Balaban J connectivity index is 2.15. The predicted octanol–water partition coefficient (Wildman–Crippen LogP) is 3.88. The van der Waals surface area contributed by atoms with E-state index in [-0.39, 0.29) is 5.75 Å². The van der Waals surface area contributed by atoms with Crippen LogP contribution in [0.15, 0.2) is 37.0 Å². The summed E-state index contributed by atoms with van der Waals surface area (Å²) < 4.78 is 5.94. The van der Waals surface area contributed by atoms with Crippen LogP contribution in [0.3, 0.4) is 0 Å². The highest BCUT2D eigenvalue weighted by molar-refractivity contribution is 6.30. The summed E-state index contributed by atoms with van der Waals surface area (Å²) in [5.74, 6) is 0.148. The quantitative estimate of drug-likeness (QED) is 0.911. The number of fused-ring (bicyclic) bond motifs is 1. The van der Waals surface area contributed by atoms with Gasteiger partial charge in [0.05, 0.1) is 6.61 Å². The van der Waals surface area contributed by atoms with Gasteiger partial charge in [-0.2, -0.15) is 0 Å². The Morgan fingerprint density at radius 2 is 2.10 bits per heavy atom. The van der Waals surface area contributed by atoms with Crippen LogP contribution in [0.1, 0.15) is 29.3 Å². The monoisotopic (exact) mass is 287 g/mol. The summed E-state index contributed by atoms with van der Waals surface area (Å²) in [5, 5.41) is 10.9. The highest BCUT2D eigenvalue weighted by atomic mass is 35.5. The van der Waals surface area contributed by atoms with Crippen molar-refractivity contribution in [2.45, 2.75) is 19.1 Å². The summed E-state index contributed by atoms with van der Waals surface area (Å²) in [4.78, 5) is 4.23. The molecule has 0 fully saturated rings. The lowest BCUT2D eigenvalue weighted by atomic mass is 9.88. The maximum atomic E-state index is 10.2. The van der Waals surface area contributed by atoms with Gasteiger partial charge >= 0.3 is 0 Å². The van der Waals surface area contributed by atoms with Crippen LogP contribution in [0, 0.1) is 0 Å². The number of halogens is 1. The van der Waals surface area contributed by atoms with Gasteiger partial charge in [-0.1, -0.05) is 30.3 Å². The van der Waals surface area contributed by atoms with Gasteiger partial charge in [-0.15, -0.1) is 0 Å². The van der Waals surface area contributed by atoms with Crippen molar-refractivity contribution < 1.29 is 9.84 Å². The zero-order valence-corrected chi connectivity index (χ0v) is 11.8. The third kappa shape index (κ3) is 1.82. The summed E-state index contributed by atoms with van der Waals surface area (Å²) in [5.41, 5.74) is 2.49. The minimum atomic E-state index is -0.621. The molecule has 1 atom stereocenters. The van der Waals surface area contributed by atoms with Gasteiger partial charge < -0.3 is 9.84 Å². The molecule has 2 aromatic rings. The molecule has 20 heavy (non-hydrogen) atoms. The number of pyridine rings is 1. The van der Waals surface area contributed by atoms with E-state index in [2.05, 4.69) is 11.6 Å². The molecule has 1 aliphatic heterocycles. The van der Waals surface area contributed by atoms with Crippen molar-refractivity contribution in [3.63, 3.8) is 0 Å². The van der Waals surface area contributed by atoms with Crippen LogP contribution in [-0.4, -0.2) is 10.1 Å². The van der Waals surface area contributed by atoms with Gasteiger partial charge in [0.2, 0.25) is 0 Å². The zero-order chi connectivity index (χ0) is 14.3. The molecule has 1 aliphatic rings. The van der Waals surface area contributed by atoms with E-state index in [1.165, 1.54) is 6.08 Å². The normalized spacial score (nSPS) is 20.7. The lowest BCUT2D eigenvalue weighted by Crippen LogP contribution is -2.22. The van der Waals surface area contributed by atoms with Crippen LogP contribution >= 0.6 is 11.6 Å². The number of aromatic hydroxyl groups is 1. The van der Waals surface area contributed by atoms with Gasteiger partial charge in [0.1, 0.15) is 17.0 Å². The van der Waals surface area contributed by atoms with E-state index < -0.39 is 5.60 Å². The summed E-state index contributed by atoms with van der Waals surface area (Å²) in [7, 11) is 0. The molecule has 1 unspecified atom stereocenters. The molecule has 0 radical (unpaired) electrons. The van der Waals surface area contributed by atoms with Gasteiger partial charge in [-0.05, 0) is 30.7 Å². The van der Waals surface area contributed by atoms with Crippen molar-refractivity contribution >= 4 is 17.7 Å². The topological polar surface area (TPSA) is 42.4 Å². The first-order chi connectivity index (χ1) is 9.56. The van der Waals surface area contributed by atoms with Crippen LogP contribution in [0.2, 0.25) is 5.02 Å². The Morgan fingerprint density at radius 1 is 1.40 bits per heavy atom. The Hall–Kier alpha value is -1.84. The molecule has 1 aromatic carbocycles. The molecule has 102 valence electrons. The van der Waals surface area contributed by atoms with Gasteiger partial charge in [-0.3, -0.25) is 4.98 Å². The molecule has 2 heterocycles. The van der Waals surface area contributed by atoms with Gasteiger partial charge in [0.15, 0.2) is 0 Å². The third-order valence-electron chi connectivity index (χ3n) is 3.79. The number of nitrogens with zero attached hydrogens (tertiary/aromatic N) is 1. The highest BCUT2D eigenvalue weighted by Crippen LogP contribution is 2.45. The van der Waals surface area contributed by atoms with E-state index in [0.717, 1.165) is 16.7 Å². The lowest BCUT2D eigenvalue weighted by Gasteiger charge is -2.25. The molecule has 0 bridgehead atoms. The Labute approximate surface area is 122 Å². The first kappa shape index (κ1) is 13.2. The van der Waals surface area contributed by atoms with Crippen LogP contribution in [0.5, 0.6) is 5.75 Å². The highest BCUT2D eigenvalue weighted by Gasteiger charge is 2.39. The van der Waals surface area contributed by atoms with E-state index in [9.17, 15) is 5.11 Å². The van der Waals surface area contributed by atoms with Crippen molar-refractivity contribution in [2.24, 2.45) is 0 Å². The van der Waals surface area contributed by atoms with Crippen LogP contribution in [0.4, 0.5) is 0 Å². The Bertz CT molecular complexity index is 682. The molecule has 0 saturated carbocycles. The number of benzene rings is 1. The molecular weight excluding hydrogens is 274 g/mol. The third-order valence-corrected chi connectivity index (χ3v) is 4.05. The largest absolute Gasteiger partial charge is 0.505 e. The maximum absolute atomic E-state index is 10.2. The second-order valence-corrected chi connectivity index (χ2v) is 5.35. The van der Waals surface area contributed by atoms with E-state index in [0.29, 0.717) is 17.3 Å². The van der Waals surface area contributed by atoms with E-state index >= 15 is 0 Å². The molecule has 3 rings (SSSR count). The fraction of sp³-hybridized carbons (Fsp3) is 0.188. The molecule has 0 spiro atoms. The van der Waals surface area contributed by atoms with Crippen LogP contribution in [0.25, 0.3) is 6.08 Å². The van der Waals surface area contributed by atoms with Crippen molar-refractivity contribution in [3.8, 4) is 5.75 Å². The molecule has 0 aliphatic carbocycles. The van der Waals surface area contributed by atoms with Crippen LogP contribution in [-0.2, 0) is 16.9 Å². The standard InChI is InChI=1S/C16H14ClNO2/c1-3-14-15(19)12-9-20-16(2,13(12)8-18-14)10-4-6-11(17)7-5-10/h3-8,19H,1,9H2,2H3. The van der Waals surface area contributed by atoms with Crippen LogP contribution < -0.4 is 0 Å². The van der Waals surface area contributed by atoms with Gasteiger partial charge in [-0.25, -0.2) is 0 Å². The summed E-state index contributed by atoms with van der Waals surface area (Å²) in [6.45, 7) is 5.96. The molecule has 3 nitrogen and oxygen atoms in total. The van der Waals surface area contributed by atoms with Crippen molar-refractivity contribution in [3.05, 3.63) is 64.4 Å². The summed E-state index contributed by atoms with van der Waals surface area (Å²) in [6.07, 6.45) is 3.28. The predicted molar refractivity (Wildman–Crippen MR) is 78.7 cm³/mol. The molecular formula is C16H14ClNO2. The number of aromatic nitrogens is 1. The second kappa shape index (κ2) is 4.62. The smallest absolute Gasteiger partial charge is 0.147 e. The molecule has 0 saturated heterocycles. The average molecular weight is 288 g/mol. The van der Waals surface area contributed by atoms with E-state index in [4.69, 9.17) is 16.3 Å². The van der Waals surface area contributed by atoms with E-state index in [1.54, 1.807) is 6.20 Å². The Morgan fingerprint density at radius 3 is 2.75 bits per heavy atom. The summed E-state index contributed by atoms with van der Waals surface area (Å²) >= 11 is 5.92. The minimum Gasteiger partial charge on any atom is -0.505 e. The fourth-order valence-electron chi connectivity index (χ4n) is 2.56. The minimum absolute atomic E-state index is 0.148. The zero-order valence-electron chi connectivity index (χ0n) is 11.1. The SMILES string of the molecule is C=Cc1ncc2c(c1O)COC2(C)c1ccc(Cl)cc1.